The SMILES string of the molecule is CCCC1(CNC2CC2CC)CCCN1. The molecule has 0 radical (unpaired) electrons. The number of rotatable bonds is 6. The summed E-state index contributed by atoms with van der Waals surface area (Å²) in [5.41, 5.74) is 0.440. The first-order valence-corrected chi connectivity index (χ1v) is 6.78. The summed E-state index contributed by atoms with van der Waals surface area (Å²) < 4.78 is 0. The zero-order valence-corrected chi connectivity index (χ0v) is 10.3. The molecule has 2 rings (SSSR count). The largest absolute Gasteiger partial charge is 0.312 e. The number of hydrogen-bond donors (Lipinski definition) is 2. The third-order valence-corrected chi connectivity index (χ3v) is 4.21. The summed E-state index contributed by atoms with van der Waals surface area (Å²) in [6.07, 6.45) is 8.14. The smallest absolute Gasteiger partial charge is 0.0306 e. The summed E-state index contributed by atoms with van der Waals surface area (Å²) in [6, 6.07) is 0.839. The van der Waals surface area contributed by atoms with Crippen LogP contribution in [0.3, 0.4) is 0 Å². The van der Waals surface area contributed by atoms with Gasteiger partial charge in [0.15, 0.2) is 0 Å². The molecule has 0 aromatic carbocycles. The molecule has 2 fully saturated rings. The van der Waals surface area contributed by atoms with Crippen LogP contribution in [0.2, 0.25) is 0 Å². The molecule has 0 bridgehead atoms. The summed E-state index contributed by atoms with van der Waals surface area (Å²) in [7, 11) is 0. The summed E-state index contributed by atoms with van der Waals surface area (Å²) in [4.78, 5) is 0. The number of nitrogens with one attached hydrogen (secondary N) is 2. The fourth-order valence-corrected chi connectivity index (χ4v) is 3.08. The Labute approximate surface area is 94.2 Å². The van der Waals surface area contributed by atoms with Gasteiger partial charge in [0.25, 0.3) is 0 Å². The second kappa shape index (κ2) is 4.84. The Hall–Kier alpha value is -0.0800. The molecule has 0 amide bonds. The van der Waals surface area contributed by atoms with Crippen molar-refractivity contribution < 1.29 is 0 Å². The molecule has 1 heterocycles. The molecule has 0 spiro atoms. The van der Waals surface area contributed by atoms with Crippen molar-refractivity contribution in [3.05, 3.63) is 0 Å². The van der Waals surface area contributed by atoms with Crippen molar-refractivity contribution in [3.63, 3.8) is 0 Å². The van der Waals surface area contributed by atoms with Gasteiger partial charge >= 0.3 is 0 Å². The van der Waals surface area contributed by atoms with Crippen LogP contribution in [-0.4, -0.2) is 24.7 Å². The minimum atomic E-state index is 0.440. The maximum Gasteiger partial charge on any atom is 0.0306 e. The van der Waals surface area contributed by atoms with Crippen molar-refractivity contribution in [3.8, 4) is 0 Å². The van der Waals surface area contributed by atoms with Gasteiger partial charge in [0.05, 0.1) is 0 Å². The van der Waals surface area contributed by atoms with Crippen LogP contribution in [0.15, 0.2) is 0 Å². The average Bonchev–Trinajstić information content (AvgIpc) is 2.87. The van der Waals surface area contributed by atoms with Crippen molar-refractivity contribution in [1.82, 2.24) is 10.6 Å². The lowest BCUT2D eigenvalue weighted by Crippen LogP contribution is -2.49. The van der Waals surface area contributed by atoms with Crippen molar-refractivity contribution in [2.75, 3.05) is 13.1 Å². The molecule has 3 atom stereocenters. The summed E-state index contributed by atoms with van der Waals surface area (Å²) in [6.45, 7) is 7.03. The van der Waals surface area contributed by atoms with Crippen LogP contribution < -0.4 is 10.6 Å². The number of hydrogen-bond acceptors (Lipinski definition) is 2. The Balaban J connectivity index is 1.75. The van der Waals surface area contributed by atoms with Gasteiger partial charge in [-0.15, -0.1) is 0 Å². The first-order chi connectivity index (χ1) is 7.29. The Morgan fingerprint density at radius 2 is 2.27 bits per heavy atom. The maximum absolute atomic E-state index is 3.76. The second-order valence-electron chi connectivity index (χ2n) is 5.45. The third-order valence-electron chi connectivity index (χ3n) is 4.21. The van der Waals surface area contributed by atoms with Crippen molar-refractivity contribution in [2.24, 2.45) is 5.92 Å². The molecule has 1 aliphatic carbocycles. The molecule has 0 aromatic heterocycles. The van der Waals surface area contributed by atoms with E-state index in [-0.39, 0.29) is 0 Å². The summed E-state index contributed by atoms with van der Waals surface area (Å²) in [5.74, 6) is 0.977. The molecule has 2 nitrogen and oxygen atoms in total. The normalized spacial score (nSPS) is 39.6. The highest BCUT2D eigenvalue weighted by atomic mass is 15.1. The van der Waals surface area contributed by atoms with E-state index in [9.17, 15) is 0 Å². The molecular formula is C13H26N2. The van der Waals surface area contributed by atoms with Gasteiger partial charge < -0.3 is 10.6 Å². The fourth-order valence-electron chi connectivity index (χ4n) is 3.08. The average molecular weight is 210 g/mol. The molecule has 2 heteroatoms. The van der Waals surface area contributed by atoms with Crippen LogP contribution in [0.1, 0.15) is 52.4 Å². The molecule has 2 N–H and O–H groups in total. The molecule has 2 aliphatic rings. The lowest BCUT2D eigenvalue weighted by molar-refractivity contribution is 0.321. The van der Waals surface area contributed by atoms with Gasteiger partial charge in [0.1, 0.15) is 0 Å². The van der Waals surface area contributed by atoms with Crippen molar-refractivity contribution in [1.29, 1.82) is 0 Å². The standard InChI is InChI=1S/C13H26N2/c1-3-6-13(7-5-8-15-13)10-14-12-9-11(12)4-2/h11-12,14-15H,3-10H2,1-2H3. The van der Waals surface area contributed by atoms with Gasteiger partial charge in [-0.2, -0.15) is 0 Å². The molecule has 0 aromatic rings. The van der Waals surface area contributed by atoms with Gasteiger partial charge in [0.2, 0.25) is 0 Å². The molecule has 15 heavy (non-hydrogen) atoms. The Morgan fingerprint density at radius 1 is 1.40 bits per heavy atom. The van der Waals surface area contributed by atoms with E-state index in [2.05, 4.69) is 24.5 Å². The Bertz CT molecular complexity index is 197. The van der Waals surface area contributed by atoms with E-state index in [1.54, 1.807) is 0 Å². The van der Waals surface area contributed by atoms with Gasteiger partial charge in [-0.25, -0.2) is 0 Å². The lowest BCUT2D eigenvalue weighted by atomic mass is 9.92. The van der Waals surface area contributed by atoms with Crippen LogP contribution in [-0.2, 0) is 0 Å². The molecule has 88 valence electrons. The van der Waals surface area contributed by atoms with E-state index in [0.29, 0.717) is 5.54 Å². The van der Waals surface area contributed by atoms with E-state index in [1.807, 2.05) is 0 Å². The predicted molar refractivity (Wildman–Crippen MR) is 65.1 cm³/mol. The highest BCUT2D eigenvalue weighted by molar-refractivity contribution is 4.99. The zero-order chi connectivity index (χ0) is 10.7. The first-order valence-electron chi connectivity index (χ1n) is 6.78. The second-order valence-corrected chi connectivity index (χ2v) is 5.45. The van der Waals surface area contributed by atoms with Gasteiger partial charge in [-0.05, 0) is 38.1 Å². The minimum Gasteiger partial charge on any atom is -0.312 e. The van der Waals surface area contributed by atoms with Crippen LogP contribution >= 0.6 is 0 Å². The highest BCUT2D eigenvalue weighted by Crippen LogP contribution is 2.34. The highest BCUT2D eigenvalue weighted by Gasteiger charge is 2.38. The van der Waals surface area contributed by atoms with Gasteiger partial charge in [-0.3, -0.25) is 0 Å². The maximum atomic E-state index is 3.76. The molecule has 1 aliphatic heterocycles. The van der Waals surface area contributed by atoms with Gasteiger partial charge in [0, 0.05) is 18.1 Å². The molecule has 1 saturated heterocycles. The van der Waals surface area contributed by atoms with E-state index < -0.39 is 0 Å². The Kier molecular flexibility index (Phi) is 3.68. The molecule has 3 unspecified atom stereocenters. The monoisotopic (exact) mass is 210 g/mol. The third kappa shape index (κ3) is 2.73. The fraction of sp³-hybridized carbons (Fsp3) is 1.00. The minimum absolute atomic E-state index is 0.440. The summed E-state index contributed by atoms with van der Waals surface area (Å²) >= 11 is 0. The van der Waals surface area contributed by atoms with Crippen LogP contribution in [0.4, 0.5) is 0 Å². The van der Waals surface area contributed by atoms with Crippen LogP contribution in [0.5, 0.6) is 0 Å². The topological polar surface area (TPSA) is 24.1 Å². The van der Waals surface area contributed by atoms with Crippen molar-refractivity contribution >= 4 is 0 Å². The van der Waals surface area contributed by atoms with Crippen LogP contribution in [0, 0.1) is 5.92 Å². The first kappa shape index (κ1) is 11.4. The van der Waals surface area contributed by atoms with Gasteiger partial charge in [-0.1, -0.05) is 26.7 Å². The summed E-state index contributed by atoms with van der Waals surface area (Å²) in [5, 5.41) is 7.49. The predicted octanol–water partition coefficient (Wildman–Crippen LogP) is 2.30. The lowest BCUT2D eigenvalue weighted by Gasteiger charge is -2.30. The Morgan fingerprint density at radius 3 is 2.80 bits per heavy atom. The quantitative estimate of drug-likeness (QED) is 0.703. The molecular weight excluding hydrogens is 184 g/mol. The van der Waals surface area contributed by atoms with Crippen molar-refractivity contribution in [2.45, 2.75) is 64.0 Å². The van der Waals surface area contributed by atoms with E-state index >= 15 is 0 Å². The van der Waals surface area contributed by atoms with E-state index in [0.717, 1.165) is 12.0 Å². The van der Waals surface area contributed by atoms with E-state index in [1.165, 1.54) is 51.6 Å². The van der Waals surface area contributed by atoms with Crippen LogP contribution in [0.25, 0.3) is 0 Å². The van der Waals surface area contributed by atoms with E-state index in [4.69, 9.17) is 0 Å². The zero-order valence-electron chi connectivity index (χ0n) is 10.3. The molecule has 1 saturated carbocycles.